The van der Waals surface area contributed by atoms with Gasteiger partial charge in [0.25, 0.3) is 0 Å². The summed E-state index contributed by atoms with van der Waals surface area (Å²) >= 11 is 1.56. The number of nitrogens with one attached hydrogen (secondary N) is 1. The Morgan fingerprint density at radius 1 is 1.36 bits per heavy atom. The second-order valence-corrected chi connectivity index (χ2v) is 7.04. The van der Waals surface area contributed by atoms with Gasteiger partial charge in [-0.15, -0.1) is 11.8 Å². The van der Waals surface area contributed by atoms with E-state index in [-0.39, 0.29) is 11.2 Å². The van der Waals surface area contributed by atoms with Crippen LogP contribution in [0.15, 0.2) is 28.8 Å². The Morgan fingerprint density at radius 3 is 2.95 bits per heavy atom. The van der Waals surface area contributed by atoms with Crippen molar-refractivity contribution in [3.8, 4) is 0 Å². The van der Waals surface area contributed by atoms with Crippen LogP contribution in [0.2, 0.25) is 0 Å². The first-order chi connectivity index (χ1) is 10.6. The van der Waals surface area contributed by atoms with E-state index < -0.39 is 0 Å². The molecule has 0 fully saturated rings. The van der Waals surface area contributed by atoms with Gasteiger partial charge in [0.15, 0.2) is 0 Å². The molecule has 1 aliphatic carbocycles. The molecule has 5 heteroatoms. The summed E-state index contributed by atoms with van der Waals surface area (Å²) < 4.78 is 5.03. The monoisotopic (exact) mass is 316 g/mol. The standard InChI is InChI=1S/C17H20N2O2S/c1-11-8-16(19-21-11)10-22-12(2)17(20)18-15-7-6-13-4-3-5-14(13)9-15/h6-9,12H,3-5,10H2,1-2H3,(H,18,20)/t12-/m1/s1. The van der Waals surface area contributed by atoms with Crippen LogP contribution < -0.4 is 5.32 Å². The molecule has 0 saturated heterocycles. The van der Waals surface area contributed by atoms with Crippen LogP contribution in [0, 0.1) is 6.92 Å². The van der Waals surface area contributed by atoms with Gasteiger partial charge < -0.3 is 9.84 Å². The maximum atomic E-state index is 12.3. The van der Waals surface area contributed by atoms with E-state index in [1.807, 2.05) is 26.0 Å². The van der Waals surface area contributed by atoms with Crippen molar-refractivity contribution < 1.29 is 9.32 Å². The molecule has 1 aromatic carbocycles. The molecule has 1 heterocycles. The maximum Gasteiger partial charge on any atom is 0.237 e. The van der Waals surface area contributed by atoms with Gasteiger partial charge in [-0.2, -0.15) is 0 Å². The number of anilines is 1. The van der Waals surface area contributed by atoms with E-state index in [0.717, 1.165) is 30.0 Å². The lowest BCUT2D eigenvalue weighted by atomic mass is 10.1. The molecule has 0 aliphatic heterocycles. The van der Waals surface area contributed by atoms with Crippen molar-refractivity contribution in [3.63, 3.8) is 0 Å². The van der Waals surface area contributed by atoms with E-state index >= 15 is 0 Å². The number of amides is 1. The van der Waals surface area contributed by atoms with E-state index in [1.54, 1.807) is 11.8 Å². The second kappa shape index (κ2) is 6.57. The van der Waals surface area contributed by atoms with E-state index in [0.29, 0.717) is 5.75 Å². The van der Waals surface area contributed by atoms with Gasteiger partial charge in [-0.1, -0.05) is 11.2 Å². The number of thioether (sulfide) groups is 1. The summed E-state index contributed by atoms with van der Waals surface area (Å²) in [7, 11) is 0. The molecule has 1 amide bonds. The fourth-order valence-corrected chi connectivity index (χ4v) is 3.43. The molecule has 0 spiro atoms. The number of hydrogen-bond donors (Lipinski definition) is 1. The van der Waals surface area contributed by atoms with Gasteiger partial charge in [0.1, 0.15) is 5.76 Å². The number of nitrogens with zero attached hydrogens (tertiary/aromatic N) is 1. The highest BCUT2D eigenvalue weighted by Gasteiger charge is 2.16. The quantitative estimate of drug-likeness (QED) is 0.913. The maximum absolute atomic E-state index is 12.3. The minimum atomic E-state index is -0.134. The van der Waals surface area contributed by atoms with Crippen LogP contribution in [-0.2, 0) is 23.4 Å². The summed E-state index contributed by atoms with van der Waals surface area (Å²) in [6, 6.07) is 8.14. The molecule has 1 N–H and O–H groups in total. The molecule has 0 unspecified atom stereocenters. The Morgan fingerprint density at radius 2 is 2.18 bits per heavy atom. The highest BCUT2D eigenvalue weighted by Crippen LogP contribution is 2.25. The molecule has 4 nitrogen and oxygen atoms in total. The van der Waals surface area contributed by atoms with Crippen molar-refractivity contribution in [2.45, 2.75) is 44.1 Å². The van der Waals surface area contributed by atoms with Crippen molar-refractivity contribution in [2.75, 3.05) is 5.32 Å². The summed E-state index contributed by atoms with van der Waals surface area (Å²) in [5.74, 6) is 1.50. The average molecular weight is 316 g/mol. The molecule has 22 heavy (non-hydrogen) atoms. The Hall–Kier alpha value is -1.75. The Labute approximate surface area is 134 Å². The van der Waals surface area contributed by atoms with Gasteiger partial charge in [-0.3, -0.25) is 4.79 Å². The fraction of sp³-hybridized carbons (Fsp3) is 0.412. The van der Waals surface area contributed by atoms with Gasteiger partial charge in [-0.25, -0.2) is 0 Å². The number of aromatic nitrogens is 1. The summed E-state index contributed by atoms with van der Waals surface area (Å²) in [5, 5.41) is 6.82. The highest BCUT2D eigenvalue weighted by atomic mass is 32.2. The van der Waals surface area contributed by atoms with E-state index in [4.69, 9.17) is 4.52 Å². The van der Waals surface area contributed by atoms with Gasteiger partial charge in [0.2, 0.25) is 5.91 Å². The molecular formula is C17H20N2O2S. The first-order valence-corrected chi connectivity index (χ1v) is 8.63. The molecule has 0 radical (unpaired) electrons. The number of carbonyl (C=O) groups excluding carboxylic acids is 1. The molecule has 116 valence electrons. The molecule has 2 aromatic rings. The minimum Gasteiger partial charge on any atom is -0.361 e. The molecule has 1 aromatic heterocycles. The third-order valence-corrected chi connectivity index (χ3v) is 5.07. The number of carbonyl (C=O) groups is 1. The van der Waals surface area contributed by atoms with E-state index in [1.165, 1.54) is 17.5 Å². The fourth-order valence-electron chi connectivity index (χ4n) is 2.67. The first kappa shape index (κ1) is 15.2. The Kier molecular flexibility index (Phi) is 4.52. The second-order valence-electron chi connectivity index (χ2n) is 5.71. The number of hydrogen-bond acceptors (Lipinski definition) is 4. The van der Waals surface area contributed by atoms with Crippen LogP contribution in [-0.4, -0.2) is 16.3 Å². The molecule has 1 atom stereocenters. The lowest BCUT2D eigenvalue weighted by Gasteiger charge is -2.12. The third-order valence-electron chi connectivity index (χ3n) is 3.89. The largest absolute Gasteiger partial charge is 0.361 e. The predicted molar refractivity (Wildman–Crippen MR) is 89.1 cm³/mol. The Balaban J connectivity index is 1.54. The van der Waals surface area contributed by atoms with Gasteiger partial charge >= 0.3 is 0 Å². The predicted octanol–water partition coefficient (Wildman–Crippen LogP) is 3.73. The summed E-state index contributed by atoms with van der Waals surface area (Å²) in [6.07, 6.45) is 3.50. The SMILES string of the molecule is Cc1cc(CS[C@H](C)C(=O)Nc2ccc3c(c2)CCC3)no1. The molecule has 1 aliphatic rings. The molecule has 3 rings (SSSR count). The molecular weight excluding hydrogens is 296 g/mol. The number of rotatable bonds is 5. The number of fused-ring (bicyclic) bond motifs is 1. The third kappa shape index (κ3) is 3.53. The van der Waals surface area contributed by atoms with Gasteiger partial charge in [0.05, 0.1) is 10.9 Å². The average Bonchev–Trinajstić information content (AvgIpc) is 3.12. The van der Waals surface area contributed by atoms with E-state index in [9.17, 15) is 4.79 Å². The molecule has 0 bridgehead atoms. The number of benzene rings is 1. The first-order valence-electron chi connectivity index (χ1n) is 7.58. The molecule has 0 saturated carbocycles. The summed E-state index contributed by atoms with van der Waals surface area (Å²) in [6.45, 7) is 3.78. The van der Waals surface area contributed by atoms with Crippen molar-refractivity contribution >= 4 is 23.4 Å². The van der Waals surface area contributed by atoms with Crippen LogP contribution in [0.3, 0.4) is 0 Å². The number of aryl methyl sites for hydroxylation is 3. The van der Waals surface area contributed by atoms with Crippen molar-refractivity contribution in [2.24, 2.45) is 0 Å². The van der Waals surface area contributed by atoms with Gasteiger partial charge in [0, 0.05) is 17.5 Å². The lowest BCUT2D eigenvalue weighted by Crippen LogP contribution is -2.22. The minimum absolute atomic E-state index is 0.0307. The summed E-state index contributed by atoms with van der Waals surface area (Å²) in [4.78, 5) is 12.3. The normalized spacial score (nSPS) is 14.6. The topological polar surface area (TPSA) is 55.1 Å². The van der Waals surface area contributed by atoms with Crippen LogP contribution in [0.4, 0.5) is 5.69 Å². The van der Waals surface area contributed by atoms with Crippen molar-refractivity contribution in [3.05, 3.63) is 46.8 Å². The highest BCUT2D eigenvalue weighted by molar-refractivity contribution is 7.99. The smallest absolute Gasteiger partial charge is 0.237 e. The van der Waals surface area contributed by atoms with Crippen LogP contribution >= 0.6 is 11.8 Å². The zero-order valence-electron chi connectivity index (χ0n) is 12.9. The van der Waals surface area contributed by atoms with Crippen LogP contribution in [0.5, 0.6) is 0 Å². The zero-order valence-corrected chi connectivity index (χ0v) is 13.7. The summed E-state index contributed by atoms with van der Waals surface area (Å²) in [5.41, 5.74) is 4.56. The van der Waals surface area contributed by atoms with Crippen LogP contribution in [0.25, 0.3) is 0 Å². The van der Waals surface area contributed by atoms with Crippen molar-refractivity contribution in [1.82, 2.24) is 5.16 Å². The van der Waals surface area contributed by atoms with Crippen LogP contribution in [0.1, 0.15) is 35.9 Å². The Bertz CT molecular complexity index is 681. The zero-order chi connectivity index (χ0) is 15.5. The van der Waals surface area contributed by atoms with Crippen molar-refractivity contribution in [1.29, 1.82) is 0 Å². The van der Waals surface area contributed by atoms with E-state index in [2.05, 4.69) is 22.6 Å². The van der Waals surface area contributed by atoms with Gasteiger partial charge in [-0.05, 0) is 56.4 Å². The lowest BCUT2D eigenvalue weighted by molar-refractivity contribution is -0.115.